The number of hydrogen-bond acceptors (Lipinski definition) is 5. The molecule has 29 heavy (non-hydrogen) atoms. The Hall–Kier alpha value is -3.54. The van der Waals surface area contributed by atoms with Gasteiger partial charge in [0.1, 0.15) is 19.0 Å². The van der Waals surface area contributed by atoms with E-state index in [1.807, 2.05) is 12.1 Å². The van der Waals surface area contributed by atoms with Gasteiger partial charge in [0.15, 0.2) is 11.5 Å². The number of nitrogens with zero attached hydrogens (tertiary/aromatic N) is 1. The molecule has 6 nitrogen and oxygen atoms in total. The van der Waals surface area contributed by atoms with Crippen molar-refractivity contribution >= 4 is 17.4 Å². The maximum Gasteiger partial charge on any atom is 0.257 e. The SMILES string of the molecule is O=C(Nc1ccc2c(c1)OCCO2)c1ccc(NCCCc2ccccc2)nc1. The number of benzene rings is 2. The quantitative estimate of drug-likeness (QED) is 0.594. The van der Waals surface area contributed by atoms with Crippen molar-refractivity contribution in [3.63, 3.8) is 0 Å². The van der Waals surface area contributed by atoms with Gasteiger partial charge >= 0.3 is 0 Å². The molecule has 0 spiro atoms. The Bertz CT molecular complexity index is 959. The predicted octanol–water partition coefficient (Wildman–Crippen LogP) is 4.15. The molecular formula is C23H23N3O3. The third-order valence-electron chi connectivity index (χ3n) is 4.62. The number of carbonyl (C=O) groups excluding carboxylic acids is 1. The first-order valence-corrected chi connectivity index (χ1v) is 9.73. The molecule has 0 fully saturated rings. The molecule has 0 radical (unpaired) electrons. The molecule has 0 unspecified atom stereocenters. The average molecular weight is 389 g/mol. The van der Waals surface area contributed by atoms with Crippen molar-refractivity contribution in [2.75, 3.05) is 30.4 Å². The van der Waals surface area contributed by atoms with Crippen molar-refractivity contribution < 1.29 is 14.3 Å². The molecule has 2 aromatic carbocycles. The largest absolute Gasteiger partial charge is 0.486 e. The van der Waals surface area contributed by atoms with Crippen molar-refractivity contribution in [3.05, 3.63) is 78.0 Å². The number of pyridine rings is 1. The van der Waals surface area contributed by atoms with Gasteiger partial charge in [-0.2, -0.15) is 0 Å². The van der Waals surface area contributed by atoms with Gasteiger partial charge in [0, 0.05) is 24.5 Å². The van der Waals surface area contributed by atoms with Crippen molar-refractivity contribution in [3.8, 4) is 11.5 Å². The van der Waals surface area contributed by atoms with Crippen LogP contribution in [0.25, 0.3) is 0 Å². The van der Waals surface area contributed by atoms with E-state index in [1.165, 1.54) is 5.56 Å². The second-order valence-electron chi connectivity index (χ2n) is 6.76. The smallest absolute Gasteiger partial charge is 0.257 e. The Balaban J connectivity index is 1.27. The van der Waals surface area contributed by atoms with E-state index in [1.54, 1.807) is 30.5 Å². The molecule has 4 rings (SSSR count). The molecule has 0 aliphatic carbocycles. The number of nitrogens with one attached hydrogen (secondary N) is 2. The fourth-order valence-electron chi connectivity index (χ4n) is 3.11. The normalized spacial score (nSPS) is 12.3. The molecule has 1 aliphatic rings. The van der Waals surface area contributed by atoms with E-state index >= 15 is 0 Å². The standard InChI is InChI=1S/C23H23N3O3/c27-23(26-19-9-10-20-21(15-19)29-14-13-28-20)18-8-11-22(25-16-18)24-12-4-7-17-5-2-1-3-6-17/h1-3,5-6,8-11,15-16H,4,7,12-14H2,(H,24,25)(H,26,27). The van der Waals surface area contributed by atoms with Crippen LogP contribution in [0.2, 0.25) is 0 Å². The molecule has 0 atom stereocenters. The van der Waals surface area contributed by atoms with E-state index in [9.17, 15) is 4.79 Å². The first-order chi connectivity index (χ1) is 14.3. The number of aryl methyl sites for hydroxylation is 1. The van der Waals surface area contributed by atoms with E-state index in [-0.39, 0.29) is 5.91 Å². The van der Waals surface area contributed by atoms with Crippen molar-refractivity contribution in [1.82, 2.24) is 4.98 Å². The van der Waals surface area contributed by atoms with Crippen molar-refractivity contribution in [2.24, 2.45) is 0 Å². The molecule has 1 aromatic heterocycles. The summed E-state index contributed by atoms with van der Waals surface area (Å²) in [6, 6.07) is 19.3. The zero-order valence-electron chi connectivity index (χ0n) is 16.1. The summed E-state index contributed by atoms with van der Waals surface area (Å²) in [6.07, 6.45) is 3.61. The summed E-state index contributed by atoms with van der Waals surface area (Å²) in [4.78, 5) is 16.8. The molecular weight excluding hydrogens is 366 g/mol. The van der Waals surface area contributed by atoms with Gasteiger partial charge in [-0.25, -0.2) is 4.98 Å². The molecule has 2 heterocycles. The lowest BCUT2D eigenvalue weighted by Gasteiger charge is -2.19. The summed E-state index contributed by atoms with van der Waals surface area (Å²) in [6.45, 7) is 1.87. The van der Waals surface area contributed by atoms with E-state index in [2.05, 4.69) is 39.9 Å². The van der Waals surface area contributed by atoms with Crippen LogP contribution in [0, 0.1) is 0 Å². The zero-order chi connectivity index (χ0) is 19.9. The summed E-state index contributed by atoms with van der Waals surface area (Å²) >= 11 is 0. The van der Waals surface area contributed by atoms with Crippen molar-refractivity contribution in [1.29, 1.82) is 0 Å². The van der Waals surface area contributed by atoms with Gasteiger partial charge in [0.05, 0.1) is 5.56 Å². The number of hydrogen-bond donors (Lipinski definition) is 2. The van der Waals surface area contributed by atoms with Crippen LogP contribution in [-0.4, -0.2) is 30.6 Å². The van der Waals surface area contributed by atoms with Crippen molar-refractivity contribution in [2.45, 2.75) is 12.8 Å². The van der Waals surface area contributed by atoms with Crippen LogP contribution in [0.4, 0.5) is 11.5 Å². The number of amides is 1. The van der Waals surface area contributed by atoms with E-state index < -0.39 is 0 Å². The van der Waals surface area contributed by atoms with Crippen LogP contribution >= 0.6 is 0 Å². The molecule has 1 amide bonds. The number of carbonyl (C=O) groups is 1. The van der Waals surface area contributed by atoms with Crippen LogP contribution in [0.15, 0.2) is 66.9 Å². The second kappa shape index (κ2) is 9.10. The maximum atomic E-state index is 12.5. The highest BCUT2D eigenvalue weighted by molar-refractivity contribution is 6.04. The third kappa shape index (κ3) is 5.04. The lowest BCUT2D eigenvalue weighted by Crippen LogP contribution is -2.16. The third-order valence-corrected chi connectivity index (χ3v) is 4.62. The van der Waals surface area contributed by atoms with E-state index in [4.69, 9.17) is 9.47 Å². The number of ether oxygens (including phenoxy) is 2. The van der Waals surface area contributed by atoms with Gasteiger partial charge < -0.3 is 20.1 Å². The minimum atomic E-state index is -0.218. The van der Waals surface area contributed by atoms with E-state index in [0.717, 1.165) is 25.2 Å². The summed E-state index contributed by atoms with van der Waals surface area (Å²) < 4.78 is 11.0. The van der Waals surface area contributed by atoms with Crippen LogP contribution in [-0.2, 0) is 6.42 Å². The summed E-state index contributed by atoms with van der Waals surface area (Å²) in [5, 5.41) is 6.16. The molecule has 1 aliphatic heterocycles. The van der Waals surface area contributed by atoms with Gasteiger partial charge in [-0.3, -0.25) is 4.79 Å². The molecule has 0 saturated carbocycles. The lowest BCUT2D eigenvalue weighted by atomic mass is 10.1. The summed E-state index contributed by atoms with van der Waals surface area (Å²) in [5.41, 5.74) is 2.48. The minimum Gasteiger partial charge on any atom is -0.486 e. The fraction of sp³-hybridized carbons (Fsp3) is 0.217. The number of fused-ring (bicyclic) bond motifs is 1. The number of anilines is 2. The average Bonchev–Trinajstić information content (AvgIpc) is 2.78. The minimum absolute atomic E-state index is 0.218. The molecule has 6 heteroatoms. The van der Waals surface area contributed by atoms with Gasteiger partial charge in [-0.1, -0.05) is 30.3 Å². The lowest BCUT2D eigenvalue weighted by molar-refractivity contribution is 0.102. The van der Waals surface area contributed by atoms with Gasteiger partial charge in [0.2, 0.25) is 0 Å². The van der Waals surface area contributed by atoms with Crippen LogP contribution in [0.1, 0.15) is 22.3 Å². The van der Waals surface area contributed by atoms with Gasteiger partial charge in [0.25, 0.3) is 5.91 Å². The number of rotatable bonds is 7. The fourth-order valence-corrected chi connectivity index (χ4v) is 3.11. The van der Waals surface area contributed by atoms with Crippen LogP contribution in [0.3, 0.4) is 0 Å². The Morgan fingerprint density at radius 1 is 0.966 bits per heavy atom. The summed E-state index contributed by atoms with van der Waals surface area (Å²) in [7, 11) is 0. The zero-order valence-corrected chi connectivity index (χ0v) is 16.1. The molecule has 2 N–H and O–H groups in total. The van der Waals surface area contributed by atoms with Gasteiger partial charge in [-0.05, 0) is 42.7 Å². The molecule has 148 valence electrons. The first-order valence-electron chi connectivity index (χ1n) is 9.73. The maximum absolute atomic E-state index is 12.5. The molecule has 0 saturated heterocycles. The highest BCUT2D eigenvalue weighted by atomic mass is 16.6. The highest BCUT2D eigenvalue weighted by Gasteiger charge is 2.13. The van der Waals surface area contributed by atoms with Crippen LogP contribution in [0.5, 0.6) is 11.5 Å². The second-order valence-corrected chi connectivity index (χ2v) is 6.76. The Labute approximate surface area is 169 Å². The predicted molar refractivity (Wildman–Crippen MR) is 113 cm³/mol. The topological polar surface area (TPSA) is 72.5 Å². The molecule has 3 aromatic rings. The van der Waals surface area contributed by atoms with E-state index in [0.29, 0.717) is 36.0 Å². The first kappa shape index (κ1) is 18.8. The Morgan fingerprint density at radius 3 is 2.59 bits per heavy atom. The molecule has 0 bridgehead atoms. The summed E-state index contributed by atoms with van der Waals surface area (Å²) in [5.74, 6) is 1.87. The Morgan fingerprint density at radius 2 is 1.79 bits per heavy atom. The number of aromatic nitrogens is 1. The Kier molecular flexibility index (Phi) is 5.90. The van der Waals surface area contributed by atoms with Gasteiger partial charge in [-0.15, -0.1) is 0 Å². The van der Waals surface area contributed by atoms with Crippen LogP contribution < -0.4 is 20.1 Å². The highest BCUT2D eigenvalue weighted by Crippen LogP contribution is 2.32. The monoisotopic (exact) mass is 389 g/mol.